The highest BCUT2D eigenvalue weighted by Crippen LogP contribution is 2.40. The van der Waals surface area contributed by atoms with Crippen LogP contribution in [0.2, 0.25) is 0 Å². The molecule has 0 amide bonds. The Morgan fingerprint density at radius 1 is 1.04 bits per heavy atom. The van der Waals surface area contributed by atoms with Gasteiger partial charge in [0.05, 0.1) is 20.9 Å². The third-order valence-electron chi connectivity index (χ3n) is 4.39. The molecule has 0 radical (unpaired) electrons. The van der Waals surface area contributed by atoms with Gasteiger partial charge in [-0.1, -0.05) is 38.9 Å². The minimum Gasteiger partial charge on any atom is -0.453 e. The van der Waals surface area contributed by atoms with Gasteiger partial charge in [-0.25, -0.2) is 4.98 Å². The van der Waals surface area contributed by atoms with Crippen molar-refractivity contribution >= 4 is 43.5 Å². The molecule has 0 saturated carbocycles. The number of para-hydroxylation sites is 1. The Kier molecular flexibility index (Phi) is 2.45. The van der Waals surface area contributed by atoms with E-state index in [2.05, 4.69) is 31.8 Å². The van der Waals surface area contributed by atoms with E-state index < -0.39 is 0 Å². The second kappa shape index (κ2) is 5.39. The number of nitrogens with zero attached hydrogens (tertiary/aromatic N) is 2. The van der Waals surface area contributed by atoms with E-state index in [-0.39, 0.29) is 35.4 Å². The van der Waals surface area contributed by atoms with Crippen molar-refractivity contribution in [2.75, 3.05) is 0 Å². The van der Waals surface area contributed by atoms with E-state index in [0.717, 1.165) is 26.0 Å². The standard InChI is InChI=1S/C22H18N2OS/c1-22(2,3)21-24-18-17(26-21)11-10-14-13-7-6-8-15(19(13)25-20(14)18)16-9-4-5-12-23-16/h4-12H,1-3H3/i4D,5D,9D,12D. The molecule has 0 fully saturated rings. The van der Waals surface area contributed by atoms with Crippen LogP contribution in [0, 0.1) is 0 Å². The smallest absolute Gasteiger partial charge is 0.162 e. The van der Waals surface area contributed by atoms with E-state index in [4.69, 9.17) is 14.9 Å². The lowest BCUT2D eigenvalue weighted by atomic mass is 9.98. The topological polar surface area (TPSA) is 38.9 Å². The molecule has 5 rings (SSSR count). The number of rotatable bonds is 1. The molecule has 0 unspecified atom stereocenters. The number of thiazole rings is 1. The van der Waals surface area contributed by atoms with Crippen molar-refractivity contribution < 1.29 is 9.90 Å². The lowest BCUT2D eigenvalue weighted by Gasteiger charge is -2.13. The van der Waals surface area contributed by atoms with Crippen LogP contribution in [0.5, 0.6) is 0 Å². The lowest BCUT2D eigenvalue weighted by Crippen LogP contribution is -2.09. The Morgan fingerprint density at radius 3 is 2.73 bits per heavy atom. The molecule has 0 aliphatic heterocycles. The van der Waals surface area contributed by atoms with Crippen molar-refractivity contribution in [1.82, 2.24) is 9.97 Å². The fourth-order valence-electron chi connectivity index (χ4n) is 3.11. The van der Waals surface area contributed by atoms with Crippen LogP contribution in [0.3, 0.4) is 0 Å². The molecule has 26 heavy (non-hydrogen) atoms. The molecule has 0 aliphatic carbocycles. The molecule has 4 heteroatoms. The molecular weight excluding hydrogens is 340 g/mol. The maximum atomic E-state index is 8.28. The average molecular weight is 362 g/mol. The number of fused-ring (bicyclic) bond motifs is 5. The Morgan fingerprint density at radius 2 is 1.88 bits per heavy atom. The highest BCUT2D eigenvalue weighted by molar-refractivity contribution is 7.18. The van der Waals surface area contributed by atoms with Gasteiger partial charge in [-0.05, 0) is 30.3 Å². The molecule has 3 nitrogen and oxygen atoms in total. The van der Waals surface area contributed by atoms with Crippen LogP contribution < -0.4 is 0 Å². The summed E-state index contributed by atoms with van der Waals surface area (Å²) < 4.78 is 39.2. The Bertz CT molecular complexity index is 1480. The molecule has 2 aromatic carbocycles. The van der Waals surface area contributed by atoms with Crippen molar-refractivity contribution in [3.8, 4) is 11.3 Å². The number of hydrogen-bond acceptors (Lipinski definition) is 4. The highest BCUT2D eigenvalue weighted by Gasteiger charge is 2.22. The van der Waals surface area contributed by atoms with Crippen molar-refractivity contribution in [1.29, 1.82) is 0 Å². The molecule has 0 aliphatic rings. The first-order chi connectivity index (χ1) is 14.2. The van der Waals surface area contributed by atoms with Crippen LogP contribution in [0.15, 0.2) is 59.0 Å². The summed E-state index contributed by atoms with van der Waals surface area (Å²) in [7, 11) is 0. The molecule has 5 aromatic rings. The van der Waals surface area contributed by atoms with Gasteiger partial charge < -0.3 is 4.42 Å². The second-order valence-electron chi connectivity index (χ2n) is 7.29. The largest absolute Gasteiger partial charge is 0.453 e. The molecule has 0 spiro atoms. The zero-order chi connectivity index (χ0) is 21.4. The van der Waals surface area contributed by atoms with E-state index in [1.165, 1.54) is 0 Å². The number of hydrogen-bond donors (Lipinski definition) is 0. The zero-order valence-electron chi connectivity index (χ0n) is 18.6. The van der Waals surface area contributed by atoms with Gasteiger partial charge in [0.1, 0.15) is 11.1 Å². The first kappa shape index (κ1) is 11.8. The van der Waals surface area contributed by atoms with Crippen molar-refractivity contribution in [2.45, 2.75) is 26.2 Å². The minimum absolute atomic E-state index is 0.0652. The summed E-state index contributed by atoms with van der Waals surface area (Å²) in [6, 6.07) is 8.80. The predicted molar refractivity (Wildman–Crippen MR) is 109 cm³/mol. The first-order valence-electron chi connectivity index (χ1n) is 10.4. The van der Waals surface area contributed by atoms with Gasteiger partial charge in [-0.3, -0.25) is 4.98 Å². The second-order valence-corrected chi connectivity index (χ2v) is 8.32. The molecular formula is C22H18N2OS. The van der Waals surface area contributed by atoms with Gasteiger partial charge in [0, 0.05) is 27.9 Å². The molecule has 0 saturated heterocycles. The van der Waals surface area contributed by atoms with E-state index in [0.29, 0.717) is 16.7 Å². The minimum atomic E-state index is -0.348. The van der Waals surface area contributed by atoms with Crippen molar-refractivity contribution in [3.63, 3.8) is 0 Å². The number of pyridine rings is 1. The van der Waals surface area contributed by atoms with Gasteiger partial charge >= 0.3 is 0 Å². The van der Waals surface area contributed by atoms with Crippen LogP contribution in [0.4, 0.5) is 0 Å². The molecule has 0 N–H and O–H groups in total. The summed E-state index contributed by atoms with van der Waals surface area (Å²) in [6.45, 7) is 6.40. The molecule has 3 heterocycles. The van der Waals surface area contributed by atoms with E-state index in [1.807, 2.05) is 18.2 Å². The first-order valence-corrected chi connectivity index (χ1v) is 9.18. The van der Waals surface area contributed by atoms with Gasteiger partial charge in [-0.2, -0.15) is 0 Å². The molecule has 128 valence electrons. The van der Waals surface area contributed by atoms with Gasteiger partial charge in [0.15, 0.2) is 5.58 Å². The van der Waals surface area contributed by atoms with Crippen molar-refractivity contribution in [3.05, 3.63) is 59.6 Å². The fourth-order valence-corrected chi connectivity index (χ4v) is 4.13. The van der Waals surface area contributed by atoms with Crippen LogP contribution >= 0.6 is 11.3 Å². The van der Waals surface area contributed by atoms with Crippen LogP contribution in [0.25, 0.3) is 43.4 Å². The predicted octanol–water partition coefficient (Wildman–Crippen LogP) is 6.56. The fraction of sp³-hybridized carbons (Fsp3) is 0.182. The molecule has 0 atom stereocenters. The Hall–Kier alpha value is -2.72. The monoisotopic (exact) mass is 362 g/mol. The van der Waals surface area contributed by atoms with E-state index >= 15 is 0 Å². The lowest BCUT2D eigenvalue weighted by molar-refractivity contribution is 0.586. The summed E-state index contributed by atoms with van der Waals surface area (Å²) in [5.41, 5.74) is 2.69. The maximum absolute atomic E-state index is 8.28. The Balaban J connectivity index is 1.86. The number of furan rings is 1. The van der Waals surface area contributed by atoms with Crippen LogP contribution in [-0.4, -0.2) is 9.97 Å². The van der Waals surface area contributed by atoms with E-state index in [9.17, 15) is 0 Å². The number of benzene rings is 2. The van der Waals surface area contributed by atoms with Crippen molar-refractivity contribution in [2.24, 2.45) is 0 Å². The average Bonchev–Trinajstić information content (AvgIpc) is 3.30. The molecule has 0 bridgehead atoms. The normalized spacial score (nSPS) is 14.6. The van der Waals surface area contributed by atoms with E-state index in [1.54, 1.807) is 17.4 Å². The third-order valence-corrected chi connectivity index (χ3v) is 5.83. The van der Waals surface area contributed by atoms with Gasteiger partial charge in [-0.15, -0.1) is 11.3 Å². The third kappa shape index (κ3) is 2.26. The Labute approximate surface area is 160 Å². The van der Waals surface area contributed by atoms with Crippen LogP contribution in [-0.2, 0) is 5.41 Å². The summed E-state index contributed by atoms with van der Waals surface area (Å²) in [4.78, 5) is 8.97. The van der Waals surface area contributed by atoms with Gasteiger partial charge in [0.25, 0.3) is 0 Å². The zero-order valence-corrected chi connectivity index (χ0v) is 15.4. The maximum Gasteiger partial charge on any atom is 0.162 e. The molecule has 3 aromatic heterocycles. The van der Waals surface area contributed by atoms with Gasteiger partial charge in [0.2, 0.25) is 0 Å². The summed E-state index contributed by atoms with van der Waals surface area (Å²) in [6.07, 6.45) is -0.323. The summed E-state index contributed by atoms with van der Waals surface area (Å²) in [5.74, 6) is 0. The SMILES string of the molecule is [2H]c1nc(-c2cccc3c2oc2c3ccc3sc(C(C)(C)C)nc32)c([2H])c([2H])c1[2H]. The quantitative estimate of drug-likeness (QED) is 0.339. The number of aromatic nitrogens is 2. The summed E-state index contributed by atoms with van der Waals surface area (Å²) >= 11 is 1.65. The summed E-state index contributed by atoms with van der Waals surface area (Å²) in [5, 5.41) is 2.82. The highest BCUT2D eigenvalue weighted by atomic mass is 32.1. The van der Waals surface area contributed by atoms with Crippen LogP contribution in [0.1, 0.15) is 31.3 Å².